The summed E-state index contributed by atoms with van der Waals surface area (Å²) in [4.78, 5) is 10.6. The first-order chi connectivity index (χ1) is 5.75. The fraction of sp³-hybridized carbons (Fsp3) is 0.222. The van der Waals surface area contributed by atoms with Crippen molar-refractivity contribution in [2.75, 3.05) is 6.61 Å². The molecule has 0 aliphatic carbocycles. The van der Waals surface area contributed by atoms with Crippen molar-refractivity contribution >= 4 is 5.97 Å². The van der Waals surface area contributed by atoms with Crippen LogP contribution in [-0.2, 0) is 0 Å². The number of hydrogen-bond acceptors (Lipinski definition) is 2. The summed E-state index contributed by atoms with van der Waals surface area (Å²) in [5.41, 5.74) is 0.152. The molecule has 0 aliphatic rings. The van der Waals surface area contributed by atoms with Gasteiger partial charge in [0.2, 0.25) is 0 Å². The second-order valence-electron chi connectivity index (χ2n) is 2.15. The molecule has 0 saturated carbocycles. The molecule has 0 saturated heterocycles. The monoisotopic (exact) mass is 165 g/mol. The Morgan fingerprint density at radius 2 is 2.50 bits per heavy atom. The zero-order valence-corrected chi connectivity index (χ0v) is 6.70. The third-order valence-electron chi connectivity index (χ3n) is 1.34. The minimum absolute atomic E-state index is 0.152. The van der Waals surface area contributed by atoms with Gasteiger partial charge in [0.25, 0.3) is 0 Å². The predicted molar refractivity (Wildman–Crippen MR) is 43.4 cm³/mol. The number of para-hydroxylation sites is 1. The number of benzene rings is 1. The van der Waals surface area contributed by atoms with Gasteiger partial charge < -0.3 is 9.84 Å². The fourth-order valence-electron chi connectivity index (χ4n) is 0.854. The molecule has 0 atom stereocenters. The van der Waals surface area contributed by atoms with E-state index >= 15 is 0 Å². The lowest BCUT2D eigenvalue weighted by molar-refractivity contribution is 0.0692. The van der Waals surface area contributed by atoms with E-state index in [0.29, 0.717) is 12.4 Å². The molecular formula is C9H9O3. The molecule has 12 heavy (non-hydrogen) atoms. The maximum atomic E-state index is 10.6. The largest absolute Gasteiger partial charge is 0.492 e. The van der Waals surface area contributed by atoms with Crippen LogP contribution in [0.5, 0.6) is 5.75 Å². The lowest BCUT2D eigenvalue weighted by Crippen LogP contribution is -2.02. The molecule has 3 heteroatoms. The van der Waals surface area contributed by atoms with Crippen LogP contribution in [0.25, 0.3) is 0 Å². The van der Waals surface area contributed by atoms with Gasteiger partial charge in [0.15, 0.2) is 0 Å². The molecule has 0 heterocycles. The van der Waals surface area contributed by atoms with Crippen molar-refractivity contribution in [1.29, 1.82) is 0 Å². The second kappa shape index (κ2) is 3.76. The molecule has 0 spiro atoms. The van der Waals surface area contributed by atoms with Crippen LogP contribution in [0.15, 0.2) is 18.2 Å². The van der Waals surface area contributed by atoms with Crippen LogP contribution >= 0.6 is 0 Å². The van der Waals surface area contributed by atoms with E-state index in [-0.39, 0.29) is 5.56 Å². The molecule has 63 valence electrons. The van der Waals surface area contributed by atoms with Gasteiger partial charge in [0.05, 0.1) is 6.61 Å². The van der Waals surface area contributed by atoms with Crippen molar-refractivity contribution in [3.8, 4) is 5.75 Å². The van der Waals surface area contributed by atoms with Crippen LogP contribution in [0.2, 0.25) is 0 Å². The molecule has 1 N–H and O–H groups in total. The maximum absolute atomic E-state index is 10.6. The molecule has 0 bridgehead atoms. The number of carboxylic acid groups (broad SMARTS) is 1. The Hall–Kier alpha value is -1.51. The van der Waals surface area contributed by atoms with E-state index in [1.165, 1.54) is 6.07 Å². The van der Waals surface area contributed by atoms with Crippen molar-refractivity contribution in [3.05, 3.63) is 29.8 Å². The average Bonchev–Trinajstić information content (AvgIpc) is 2.05. The maximum Gasteiger partial charge on any atom is 0.339 e. The topological polar surface area (TPSA) is 46.5 Å². The summed E-state index contributed by atoms with van der Waals surface area (Å²) >= 11 is 0. The Balaban J connectivity index is 3.00. The van der Waals surface area contributed by atoms with E-state index in [4.69, 9.17) is 9.84 Å². The average molecular weight is 165 g/mol. The summed E-state index contributed by atoms with van der Waals surface area (Å²) in [5.74, 6) is -0.692. The van der Waals surface area contributed by atoms with Gasteiger partial charge in [-0.25, -0.2) is 4.79 Å². The molecule has 0 aromatic heterocycles. The predicted octanol–water partition coefficient (Wildman–Crippen LogP) is 1.58. The van der Waals surface area contributed by atoms with Gasteiger partial charge in [-0.3, -0.25) is 0 Å². The molecule has 0 unspecified atom stereocenters. The number of rotatable bonds is 3. The van der Waals surface area contributed by atoms with E-state index in [1.807, 2.05) is 0 Å². The van der Waals surface area contributed by atoms with Gasteiger partial charge in [0.1, 0.15) is 11.3 Å². The van der Waals surface area contributed by atoms with Crippen molar-refractivity contribution in [3.63, 3.8) is 0 Å². The van der Waals surface area contributed by atoms with Crippen LogP contribution in [0, 0.1) is 6.07 Å². The van der Waals surface area contributed by atoms with Crippen LogP contribution < -0.4 is 4.74 Å². The van der Waals surface area contributed by atoms with Gasteiger partial charge in [-0.05, 0) is 13.0 Å². The third-order valence-corrected chi connectivity index (χ3v) is 1.34. The van der Waals surface area contributed by atoms with Crippen LogP contribution in [0.1, 0.15) is 17.3 Å². The molecule has 0 aliphatic heterocycles. The Bertz CT molecular complexity index is 281. The highest BCUT2D eigenvalue weighted by Gasteiger charge is 2.08. The van der Waals surface area contributed by atoms with Crippen molar-refractivity contribution in [1.82, 2.24) is 0 Å². The molecular weight excluding hydrogens is 156 g/mol. The second-order valence-corrected chi connectivity index (χ2v) is 2.15. The lowest BCUT2D eigenvalue weighted by Gasteiger charge is -2.04. The first-order valence-corrected chi connectivity index (χ1v) is 3.62. The van der Waals surface area contributed by atoms with E-state index < -0.39 is 5.97 Å². The number of hydrogen-bond donors (Lipinski definition) is 1. The fourth-order valence-corrected chi connectivity index (χ4v) is 0.854. The first-order valence-electron chi connectivity index (χ1n) is 3.62. The highest BCUT2D eigenvalue weighted by atomic mass is 16.5. The van der Waals surface area contributed by atoms with E-state index in [0.717, 1.165) is 0 Å². The third kappa shape index (κ3) is 1.75. The highest BCUT2D eigenvalue weighted by molar-refractivity contribution is 5.90. The number of carbonyl (C=O) groups is 1. The Morgan fingerprint density at radius 1 is 1.75 bits per heavy atom. The molecule has 1 rings (SSSR count). The summed E-state index contributed by atoms with van der Waals surface area (Å²) in [6, 6.07) is 7.45. The SMILES string of the molecule is CCOc1[c]cccc1C(=O)O. The summed E-state index contributed by atoms with van der Waals surface area (Å²) in [6.45, 7) is 2.24. The minimum Gasteiger partial charge on any atom is -0.492 e. The Morgan fingerprint density at radius 3 is 3.08 bits per heavy atom. The van der Waals surface area contributed by atoms with Crippen LogP contribution in [0.3, 0.4) is 0 Å². The van der Waals surface area contributed by atoms with Gasteiger partial charge >= 0.3 is 5.97 Å². The lowest BCUT2D eigenvalue weighted by atomic mass is 10.2. The molecule has 1 aromatic carbocycles. The Labute approximate surface area is 70.6 Å². The zero-order valence-electron chi connectivity index (χ0n) is 6.70. The summed E-state index contributed by atoms with van der Waals surface area (Å²) in [6.07, 6.45) is 0. The summed E-state index contributed by atoms with van der Waals surface area (Å²) < 4.78 is 5.06. The van der Waals surface area contributed by atoms with Crippen LogP contribution in [0.4, 0.5) is 0 Å². The summed E-state index contributed by atoms with van der Waals surface area (Å²) in [5, 5.41) is 8.69. The zero-order chi connectivity index (χ0) is 8.97. The normalized spacial score (nSPS) is 9.42. The van der Waals surface area contributed by atoms with Crippen molar-refractivity contribution in [2.45, 2.75) is 6.92 Å². The van der Waals surface area contributed by atoms with Crippen LogP contribution in [-0.4, -0.2) is 17.7 Å². The van der Waals surface area contributed by atoms with Gasteiger partial charge in [-0.2, -0.15) is 0 Å². The molecule has 0 amide bonds. The molecule has 3 nitrogen and oxygen atoms in total. The van der Waals surface area contributed by atoms with E-state index in [1.54, 1.807) is 19.1 Å². The quantitative estimate of drug-likeness (QED) is 0.739. The minimum atomic E-state index is -0.990. The van der Waals surface area contributed by atoms with Crippen molar-refractivity contribution < 1.29 is 14.6 Å². The Kier molecular flexibility index (Phi) is 2.69. The van der Waals surface area contributed by atoms with Gasteiger partial charge in [-0.15, -0.1) is 0 Å². The molecule has 1 aromatic rings. The summed E-state index contributed by atoms with van der Waals surface area (Å²) in [7, 11) is 0. The highest BCUT2D eigenvalue weighted by Crippen LogP contribution is 2.16. The van der Waals surface area contributed by atoms with Crippen molar-refractivity contribution in [2.24, 2.45) is 0 Å². The van der Waals surface area contributed by atoms with E-state index in [2.05, 4.69) is 6.07 Å². The standard InChI is InChI=1S/C9H9O3/c1-2-12-8-6-4-3-5-7(8)9(10)11/h3-5H,2H2,1H3,(H,10,11). The number of carboxylic acids is 1. The van der Waals surface area contributed by atoms with Gasteiger partial charge in [0, 0.05) is 6.07 Å². The number of ether oxygens (including phenoxy) is 1. The first kappa shape index (κ1) is 8.59. The van der Waals surface area contributed by atoms with E-state index in [9.17, 15) is 4.79 Å². The number of aromatic carboxylic acids is 1. The molecule has 0 fully saturated rings. The molecule has 1 radical (unpaired) electrons. The van der Waals surface area contributed by atoms with Gasteiger partial charge in [-0.1, -0.05) is 12.1 Å². The smallest absolute Gasteiger partial charge is 0.339 e.